The number of nitrogens with one attached hydrogen (secondary N) is 1. The van der Waals surface area contributed by atoms with Gasteiger partial charge in [-0.3, -0.25) is 10.1 Å². The van der Waals surface area contributed by atoms with Gasteiger partial charge >= 0.3 is 0 Å². The van der Waals surface area contributed by atoms with E-state index in [1.165, 1.54) is 0 Å². The maximum Gasteiger partial charge on any atom is 0.280 e. The number of nitrogen functional groups attached to an aromatic ring is 2. The maximum atomic E-state index is 12.6. The highest BCUT2D eigenvalue weighted by Gasteiger charge is 2.46. The van der Waals surface area contributed by atoms with Crippen LogP contribution in [0.25, 0.3) is 10.9 Å². The summed E-state index contributed by atoms with van der Waals surface area (Å²) in [6, 6.07) is 12.4. The van der Waals surface area contributed by atoms with Gasteiger partial charge in [0.25, 0.3) is 5.91 Å². The molecule has 1 aromatic carbocycles. The Labute approximate surface area is 214 Å². The van der Waals surface area contributed by atoms with Crippen molar-refractivity contribution in [2.75, 3.05) is 31.1 Å². The van der Waals surface area contributed by atoms with Gasteiger partial charge in [0.05, 0.1) is 24.3 Å². The summed E-state index contributed by atoms with van der Waals surface area (Å²) in [6.45, 7) is 3.89. The number of guanidine groups is 1. The number of pyridine rings is 1. The van der Waals surface area contributed by atoms with Crippen LogP contribution in [0.5, 0.6) is 0 Å². The highest BCUT2D eigenvalue weighted by molar-refractivity contribution is 6.31. The fourth-order valence-corrected chi connectivity index (χ4v) is 5.28. The number of halogens is 2. The molecule has 2 aromatic heterocycles. The fraction of sp³-hybridized carbons (Fsp3) is 0.348. The third kappa shape index (κ3) is 5.09. The third-order valence-electron chi connectivity index (χ3n) is 6.89. The maximum absolute atomic E-state index is 12.6. The van der Waals surface area contributed by atoms with Crippen LogP contribution in [0.15, 0.2) is 41.4 Å². The highest BCUT2D eigenvalue weighted by atomic mass is 35.5. The number of piperidine rings is 3. The Hall–Kier alpha value is -3.21. The molecule has 3 aliphatic rings. The minimum Gasteiger partial charge on any atom is -1.00 e. The van der Waals surface area contributed by atoms with Crippen molar-refractivity contribution >= 4 is 46.0 Å². The molecule has 3 saturated heterocycles. The van der Waals surface area contributed by atoms with Crippen LogP contribution in [0.1, 0.15) is 29.0 Å². The Morgan fingerprint density at radius 2 is 1.83 bits per heavy atom. The molecule has 6 rings (SSSR count). The molecule has 5 heterocycles. The number of aromatic nitrogens is 3. The zero-order chi connectivity index (χ0) is 23.9. The van der Waals surface area contributed by atoms with Crippen LogP contribution in [-0.2, 0) is 6.54 Å². The van der Waals surface area contributed by atoms with Gasteiger partial charge in [0.2, 0.25) is 0 Å². The number of nitrogens with zero attached hydrogens (tertiary/aromatic N) is 5. The van der Waals surface area contributed by atoms with E-state index in [0.717, 1.165) is 60.1 Å². The largest absolute Gasteiger partial charge is 1.00 e. The molecule has 3 aromatic rings. The SMILES string of the molecule is NC(=N[C@@H]1C[N+]2(Cc3ccc4ccccc4n3)CCC1CC2)NC(=O)c1nc(Cl)c(N)nc1N.[Cl-]. The predicted molar refractivity (Wildman–Crippen MR) is 132 cm³/mol. The summed E-state index contributed by atoms with van der Waals surface area (Å²) in [6.07, 6.45) is 2.13. The molecule has 12 heteroatoms. The number of quaternary nitrogens is 1. The van der Waals surface area contributed by atoms with Crippen molar-refractivity contribution in [1.29, 1.82) is 0 Å². The molecule has 0 saturated carbocycles. The van der Waals surface area contributed by atoms with Crippen molar-refractivity contribution in [1.82, 2.24) is 20.3 Å². The van der Waals surface area contributed by atoms with Gasteiger partial charge in [-0.15, -0.1) is 0 Å². The van der Waals surface area contributed by atoms with Crippen LogP contribution in [0.2, 0.25) is 5.15 Å². The van der Waals surface area contributed by atoms with E-state index in [1.54, 1.807) is 0 Å². The predicted octanol–water partition coefficient (Wildman–Crippen LogP) is -1.30. The lowest BCUT2D eigenvalue weighted by molar-refractivity contribution is -0.956. The normalized spacial score (nSPS) is 23.6. The van der Waals surface area contributed by atoms with Crippen molar-refractivity contribution in [3.8, 4) is 0 Å². The van der Waals surface area contributed by atoms with Crippen molar-refractivity contribution in [3.63, 3.8) is 0 Å². The lowest BCUT2D eigenvalue weighted by Crippen LogP contribution is -3.00. The average molecular weight is 516 g/mol. The zero-order valence-electron chi connectivity index (χ0n) is 19.0. The number of nitrogens with two attached hydrogens (primary N) is 3. The number of aliphatic imine (C=N–C) groups is 1. The Kier molecular flexibility index (Phi) is 6.98. The summed E-state index contributed by atoms with van der Waals surface area (Å²) in [4.78, 5) is 29.9. The van der Waals surface area contributed by atoms with Crippen molar-refractivity contribution in [3.05, 3.63) is 52.9 Å². The van der Waals surface area contributed by atoms with E-state index in [9.17, 15) is 4.79 Å². The molecule has 35 heavy (non-hydrogen) atoms. The van der Waals surface area contributed by atoms with Gasteiger partial charge in [-0.25, -0.2) is 19.9 Å². The van der Waals surface area contributed by atoms with Crippen LogP contribution in [0.4, 0.5) is 11.6 Å². The zero-order valence-corrected chi connectivity index (χ0v) is 20.5. The number of para-hydroxylation sites is 1. The van der Waals surface area contributed by atoms with Gasteiger partial charge < -0.3 is 34.1 Å². The third-order valence-corrected chi connectivity index (χ3v) is 7.17. The molecule has 0 aliphatic carbocycles. The second kappa shape index (κ2) is 9.80. The number of carbonyl (C=O) groups is 1. The summed E-state index contributed by atoms with van der Waals surface area (Å²) < 4.78 is 0.920. The van der Waals surface area contributed by atoms with E-state index in [2.05, 4.69) is 38.5 Å². The minimum absolute atomic E-state index is 0. The molecule has 7 N–H and O–H groups in total. The first kappa shape index (κ1) is 24.9. The Morgan fingerprint density at radius 3 is 2.60 bits per heavy atom. The van der Waals surface area contributed by atoms with E-state index in [0.29, 0.717) is 5.92 Å². The van der Waals surface area contributed by atoms with Crippen LogP contribution in [0, 0.1) is 5.92 Å². The topological polar surface area (TPSA) is 158 Å². The van der Waals surface area contributed by atoms with Gasteiger partial charge in [0.1, 0.15) is 19.1 Å². The lowest BCUT2D eigenvalue weighted by Gasteiger charge is -2.51. The molecule has 3 aliphatic heterocycles. The summed E-state index contributed by atoms with van der Waals surface area (Å²) in [5.41, 5.74) is 19.4. The van der Waals surface area contributed by atoms with E-state index >= 15 is 0 Å². The van der Waals surface area contributed by atoms with Crippen molar-refractivity contribution in [2.24, 2.45) is 16.6 Å². The molecule has 0 spiro atoms. The standard InChI is InChI=1S/C23H26ClN9O.ClH/c24-19-21(26)31-20(25)18(30-19)22(34)32-23(27)29-17-12-33(9-7-14(17)8-10-33)11-15-6-5-13-3-1-2-4-16(13)28-15;/h1-6,14,17H,7-12H2,(H6-,25,26,27,29,31,32,34);1H/t14?,17-,33?;/m1./s1. The van der Waals surface area contributed by atoms with Crippen LogP contribution >= 0.6 is 11.6 Å². The molecule has 2 bridgehead atoms. The van der Waals surface area contributed by atoms with E-state index < -0.39 is 5.91 Å². The quantitative estimate of drug-likeness (QED) is 0.191. The first-order valence-corrected chi connectivity index (χ1v) is 11.6. The summed E-state index contributed by atoms with van der Waals surface area (Å²) >= 11 is 5.88. The Balaban J connectivity index is 0.00000289. The Bertz CT molecular complexity index is 1290. The highest BCUT2D eigenvalue weighted by Crippen LogP contribution is 2.37. The monoisotopic (exact) mass is 515 g/mol. The van der Waals surface area contributed by atoms with Gasteiger partial charge in [-0.2, -0.15) is 0 Å². The summed E-state index contributed by atoms with van der Waals surface area (Å²) in [5.74, 6) is -0.323. The molecular weight excluding hydrogens is 489 g/mol. The average Bonchev–Trinajstić information content (AvgIpc) is 2.81. The van der Waals surface area contributed by atoms with Crippen LogP contribution in [-0.4, -0.2) is 57.0 Å². The Morgan fingerprint density at radius 1 is 1.09 bits per heavy atom. The van der Waals surface area contributed by atoms with E-state index in [1.807, 2.05) is 18.2 Å². The first-order chi connectivity index (χ1) is 16.3. The minimum atomic E-state index is -0.626. The number of amides is 1. The number of hydrogen-bond donors (Lipinski definition) is 4. The van der Waals surface area contributed by atoms with Gasteiger partial charge in [-0.1, -0.05) is 35.9 Å². The molecule has 184 valence electrons. The van der Waals surface area contributed by atoms with Crippen LogP contribution in [0.3, 0.4) is 0 Å². The van der Waals surface area contributed by atoms with Gasteiger partial charge in [0.15, 0.2) is 28.4 Å². The molecule has 0 radical (unpaired) electrons. The summed E-state index contributed by atoms with van der Waals surface area (Å²) in [5, 5.41) is 3.61. The first-order valence-electron chi connectivity index (χ1n) is 11.2. The molecular formula is C23H27Cl2N9O. The van der Waals surface area contributed by atoms with Crippen LogP contribution < -0.4 is 34.9 Å². The summed E-state index contributed by atoms with van der Waals surface area (Å²) in [7, 11) is 0. The van der Waals surface area contributed by atoms with E-state index in [-0.39, 0.29) is 46.9 Å². The number of anilines is 2. The molecule has 1 amide bonds. The number of carbonyl (C=O) groups excluding carboxylic acids is 1. The van der Waals surface area contributed by atoms with Crippen molar-refractivity contribution in [2.45, 2.75) is 25.4 Å². The smallest absolute Gasteiger partial charge is 0.280 e. The molecule has 3 fully saturated rings. The number of benzene rings is 1. The number of rotatable bonds is 4. The van der Waals surface area contributed by atoms with Gasteiger partial charge in [-0.05, 0) is 18.1 Å². The number of fused-ring (bicyclic) bond motifs is 4. The second-order valence-electron chi connectivity index (χ2n) is 9.13. The lowest BCUT2D eigenvalue weighted by atomic mass is 9.81. The number of hydrogen-bond acceptors (Lipinski definition) is 7. The molecule has 1 atom stereocenters. The van der Waals surface area contributed by atoms with Crippen molar-refractivity contribution < 1.29 is 21.7 Å². The fourth-order valence-electron chi connectivity index (χ4n) is 5.15. The molecule has 10 nitrogen and oxygen atoms in total. The second-order valence-corrected chi connectivity index (χ2v) is 9.49. The molecule has 0 unspecified atom stereocenters. The van der Waals surface area contributed by atoms with Gasteiger partial charge in [0, 0.05) is 18.2 Å². The van der Waals surface area contributed by atoms with E-state index in [4.69, 9.17) is 33.8 Å².